The number of carbonyl (C=O) groups is 1. The fourth-order valence-electron chi connectivity index (χ4n) is 4.34. The Kier molecular flexibility index (Phi) is 6.26. The molecule has 0 aromatic heterocycles. The van der Waals surface area contributed by atoms with Crippen molar-refractivity contribution in [1.29, 1.82) is 15.8 Å². The molecule has 1 aliphatic carbocycles. The van der Waals surface area contributed by atoms with E-state index in [1.165, 1.54) is 0 Å². The third-order valence-electron chi connectivity index (χ3n) is 5.79. The zero-order valence-corrected chi connectivity index (χ0v) is 19.4. The molecule has 0 bridgehead atoms. The van der Waals surface area contributed by atoms with Crippen LogP contribution in [0.4, 0.5) is 4.79 Å². The minimum absolute atomic E-state index is 0.0304. The highest BCUT2D eigenvalue weighted by atomic mass is 32.2. The number of nitriles is 3. The zero-order chi connectivity index (χ0) is 23.7. The molecule has 164 valence electrons. The first-order valence-electron chi connectivity index (χ1n) is 10.2. The first-order chi connectivity index (χ1) is 15.1. The van der Waals surface area contributed by atoms with Gasteiger partial charge in [0, 0.05) is 29.8 Å². The summed E-state index contributed by atoms with van der Waals surface area (Å²) in [5, 5.41) is 30.1. The Balaban J connectivity index is 2.17. The Hall–Kier alpha value is -3.41. The maximum absolute atomic E-state index is 12.8. The van der Waals surface area contributed by atoms with Gasteiger partial charge < -0.3 is 15.4 Å². The van der Waals surface area contributed by atoms with E-state index in [-0.39, 0.29) is 24.4 Å². The molecule has 1 aliphatic heterocycles. The molecule has 8 heteroatoms. The number of carbonyl (C=O) groups excluding carboxylic acids is 1. The Labute approximate surface area is 192 Å². The molecule has 0 radical (unpaired) electrons. The highest BCUT2D eigenvalue weighted by molar-refractivity contribution is 7.98. The summed E-state index contributed by atoms with van der Waals surface area (Å²) in [6.07, 6.45) is 3.26. The minimum Gasteiger partial charge on any atom is -0.444 e. The molecule has 0 spiro atoms. The lowest BCUT2D eigenvalue weighted by Gasteiger charge is -2.45. The van der Waals surface area contributed by atoms with E-state index >= 15 is 0 Å². The second kappa shape index (κ2) is 8.61. The highest BCUT2D eigenvalue weighted by Gasteiger charge is 2.54. The Morgan fingerprint density at radius 2 is 1.84 bits per heavy atom. The van der Waals surface area contributed by atoms with Gasteiger partial charge in [-0.1, -0.05) is 18.2 Å². The SMILES string of the molecule is CSc1ccc([C@H]2[C@@H]3CN(C(=O)OC(C)(C)C)CC=C3C(C#N)=C(N)C2(C#N)C#N)cc1. The first kappa shape index (κ1) is 23.3. The van der Waals surface area contributed by atoms with Gasteiger partial charge in [-0.05, 0) is 50.3 Å². The van der Waals surface area contributed by atoms with Crippen LogP contribution >= 0.6 is 11.8 Å². The van der Waals surface area contributed by atoms with Gasteiger partial charge in [0.1, 0.15) is 11.7 Å². The van der Waals surface area contributed by atoms with Gasteiger partial charge in [-0.15, -0.1) is 11.8 Å². The van der Waals surface area contributed by atoms with Crippen LogP contribution in [0.1, 0.15) is 32.3 Å². The fraction of sp³-hybridized carbons (Fsp3) is 0.417. The predicted octanol–water partition coefficient (Wildman–Crippen LogP) is 4.07. The van der Waals surface area contributed by atoms with Crippen LogP contribution in [0.3, 0.4) is 0 Å². The third kappa shape index (κ3) is 3.93. The number of allylic oxidation sites excluding steroid dienone is 2. The molecular weight excluding hydrogens is 422 g/mol. The minimum atomic E-state index is -1.73. The summed E-state index contributed by atoms with van der Waals surface area (Å²) in [6, 6.07) is 13.9. The number of benzene rings is 1. The number of hydrogen-bond acceptors (Lipinski definition) is 7. The van der Waals surface area contributed by atoms with E-state index in [1.54, 1.807) is 43.5 Å². The highest BCUT2D eigenvalue weighted by Crippen LogP contribution is 2.54. The quantitative estimate of drug-likeness (QED) is 0.677. The molecule has 2 N–H and O–H groups in total. The second-order valence-electron chi connectivity index (χ2n) is 8.83. The molecule has 0 saturated heterocycles. The number of nitrogens with zero attached hydrogens (tertiary/aromatic N) is 4. The van der Waals surface area contributed by atoms with Crippen LogP contribution in [0.15, 0.2) is 52.1 Å². The maximum atomic E-state index is 12.8. The lowest BCUT2D eigenvalue weighted by Crippen LogP contribution is -2.50. The number of thioether (sulfide) groups is 1. The van der Waals surface area contributed by atoms with Gasteiger partial charge in [0.05, 0.1) is 23.4 Å². The topological polar surface area (TPSA) is 127 Å². The van der Waals surface area contributed by atoms with Crippen molar-refractivity contribution in [3.8, 4) is 18.2 Å². The van der Waals surface area contributed by atoms with Crippen LogP contribution < -0.4 is 5.73 Å². The van der Waals surface area contributed by atoms with Crippen molar-refractivity contribution < 1.29 is 9.53 Å². The summed E-state index contributed by atoms with van der Waals surface area (Å²) < 4.78 is 5.53. The number of ether oxygens (including phenoxy) is 1. The van der Waals surface area contributed by atoms with Gasteiger partial charge >= 0.3 is 6.09 Å². The van der Waals surface area contributed by atoms with Crippen LogP contribution in [0.5, 0.6) is 0 Å². The van der Waals surface area contributed by atoms with E-state index in [2.05, 4.69) is 18.2 Å². The molecule has 2 atom stereocenters. The molecule has 1 heterocycles. The van der Waals surface area contributed by atoms with Crippen molar-refractivity contribution in [3.63, 3.8) is 0 Å². The molecule has 7 nitrogen and oxygen atoms in total. The lowest BCUT2D eigenvalue weighted by atomic mass is 9.58. The van der Waals surface area contributed by atoms with E-state index in [4.69, 9.17) is 10.5 Å². The molecule has 0 saturated carbocycles. The van der Waals surface area contributed by atoms with Crippen molar-refractivity contribution in [1.82, 2.24) is 4.90 Å². The van der Waals surface area contributed by atoms with E-state index in [1.807, 2.05) is 30.5 Å². The number of amides is 1. The average molecular weight is 448 g/mol. The Morgan fingerprint density at radius 1 is 1.22 bits per heavy atom. The molecular formula is C24H25N5O2S. The molecule has 0 unspecified atom stereocenters. The molecule has 0 fully saturated rings. The van der Waals surface area contributed by atoms with Crippen molar-refractivity contribution in [2.45, 2.75) is 37.2 Å². The summed E-state index contributed by atoms with van der Waals surface area (Å²) in [5.74, 6) is -1.11. The standard InChI is InChI=1S/C24H25N5O2S/c1-23(2,3)31-22(30)29-10-9-17-18(11-25)21(28)24(13-26,14-27)20(19(17)12-29)15-5-7-16(32-4)8-6-15/h5-9,19-20H,10,12,28H2,1-4H3/t19-,20+/m1/s1. The van der Waals surface area contributed by atoms with Crippen LogP contribution in [-0.4, -0.2) is 35.9 Å². The van der Waals surface area contributed by atoms with E-state index in [0.29, 0.717) is 5.57 Å². The summed E-state index contributed by atoms with van der Waals surface area (Å²) in [6.45, 7) is 5.84. The molecule has 2 aliphatic rings. The summed E-state index contributed by atoms with van der Waals surface area (Å²) in [7, 11) is 0. The van der Waals surface area contributed by atoms with Crippen molar-refractivity contribution in [2.24, 2.45) is 17.1 Å². The van der Waals surface area contributed by atoms with Gasteiger partial charge in [-0.25, -0.2) is 4.79 Å². The first-order valence-corrected chi connectivity index (χ1v) is 11.4. The smallest absolute Gasteiger partial charge is 0.410 e. The van der Waals surface area contributed by atoms with Gasteiger partial charge in [0.2, 0.25) is 0 Å². The van der Waals surface area contributed by atoms with E-state index in [9.17, 15) is 20.6 Å². The van der Waals surface area contributed by atoms with Crippen molar-refractivity contribution in [3.05, 3.63) is 52.7 Å². The fourth-order valence-corrected chi connectivity index (χ4v) is 4.75. The largest absolute Gasteiger partial charge is 0.444 e. The monoisotopic (exact) mass is 447 g/mol. The number of nitrogens with two attached hydrogens (primary N) is 1. The summed E-state index contributed by atoms with van der Waals surface area (Å²) >= 11 is 1.58. The third-order valence-corrected chi connectivity index (χ3v) is 6.53. The van der Waals surface area contributed by atoms with Gasteiger partial charge in [0.25, 0.3) is 0 Å². The van der Waals surface area contributed by atoms with Gasteiger partial charge in [-0.3, -0.25) is 0 Å². The lowest BCUT2D eigenvalue weighted by molar-refractivity contribution is 0.0224. The average Bonchev–Trinajstić information content (AvgIpc) is 2.77. The van der Waals surface area contributed by atoms with Crippen LogP contribution in [-0.2, 0) is 4.74 Å². The maximum Gasteiger partial charge on any atom is 0.410 e. The zero-order valence-electron chi connectivity index (χ0n) is 18.5. The summed E-state index contributed by atoms with van der Waals surface area (Å²) in [4.78, 5) is 15.4. The normalized spacial score (nSPS) is 22.0. The Bertz CT molecular complexity index is 1100. The number of fused-ring (bicyclic) bond motifs is 1. The van der Waals surface area contributed by atoms with Crippen molar-refractivity contribution in [2.75, 3.05) is 19.3 Å². The molecule has 1 aromatic rings. The summed E-state index contributed by atoms with van der Waals surface area (Å²) in [5.41, 5.74) is 5.48. The van der Waals surface area contributed by atoms with Crippen LogP contribution in [0, 0.1) is 45.3 Å². The molecule has 3 rings (SSSR count). The van der Waals surface area contributed by atoms with Crippen molar-refractivity contribution >= 4 is 17.9 Å². The Morgan fingerprint density at radius 3 is 2.34 bits per heavy atom. The van der Waals surface area contributed by atoms with Crippen LogP contribution in [0.25, 0.3) is 0 Å². The molecule has 1 amide bonds. The molecule has 32 heavy (non-hydrogen) atoms. The predicted molar refractivity (Wildman–Crippen MR) is 121 cm³/mol. The van der Waals surface area contributed by atoms with Gasteiger partial charge in [0.15, 0.2) is 5.41 Å². The van der Waals surface area contributed by atoms with Crippen LogP contribution in [0.2, 0.25) is 0 Å². The molecule has 1 aromatic carbocycles. The number of rotatable bonds is 2. The number of hydrogen-bond donors (Lipinski definition) is 1. The van der Waals surface area contributed by atoms with Gasteiger partial charge in [-0.2, -0.15) is 15.8 Å². The van der Waals surface area contributed by atoms with E-state index < -0.39 is 28.9 Å². The van der Waals surface area contributed by atoms with E-state index in [0.717, 1.165) is 10.5 Å². The second-order valence-corrected chi connectivity index (χ2v) is 9.71.